The maximum atomic E-state index is 13.4. The molecule has 7 heteroatoms. The van der Waals surface area contributed by atoms with Crippen LogP contribution in [0.3, 0.4) is 0 Å². The van der Waals surface area contributed by atoms with Crippen molar-refractivity contribution in [3.63, 3.8) is 0 Å². The first kappa shape index (κ1) is 19.9. The Labute approximate surface area is 195 Å². The molecule has 0 radical (unpaired) electrons. The zero-order chi connectivity index (χ0) is 22.2. The molecule has 33 heavy (non-hydrogen) atoms. The molecular formula is C26H21N5OS. The Kier molecular flexibility index (Phi) is 5.03. The van der Waals surface area contributed by atoms with Crippen LogP contribution in [-0.2, 0) is 17.6 Å². The van der Waals surface area contributed by atoms with Crippen LogP contribution in [0.15, 0.2) is 78.0 Å². The smallest absolute Gasteiger partial charge is 0.232 e. The quantitative estimate of drug-likeness (QED) is 0.368. The number of rotatable bonds is 4. The van der Waals surface area contributed by atoms with Crippen molar-refractivity contribution in [2.45, 2.75) is 24.4 Å². The standard InChI is InChI=1S/C26H21N5OS/c32-23(31-21-11-5-1-7-17(21)13-14-18-8-2-6-12-22(18)31)15-16-33-26-28-25-24(29-30-26)19-9-3-4-10-20(19)27-25/h1-12H,13-16H2,(H,27,28,30). The van der Waals surface area contributed by atoms with E-state index in [1.807, 2.05) is 65.6 Å². The first-order valence-electron chi connectivity index (χ1n) is 11.0. The van der Waals surface area contributed by atoms with Gasteiger partial charge >= 0.3 is 0 Å². The molecule has 0 atom stereocenters. The summed E-state index contributed by atoms with van der Waals surface area (Å²) in [5.74, 6) is 0.650. The van der Waals surface area contributed by atoms with Crippen molar-refractivity contribution < 1.29 is 4.79 Å². The Balaban J connectivity index is 1.23. The fraction of sp³-hybridized carbons (Fsp3) is 0.154. The molecule has 6 rings (SSSR count). The molecular weight excluding hydrogens is 430 g/mol. The van der Waals surface area contributed by atoms with Gasteiger partial charge < -0.3 is 4.98 Å². The van der Waals surface area contributed by atoms with Gasteiger partial charge in [0.2, 0.25) is 11.1 Å². The van der Waals surface area contributed by atoms with Crippen molar-refractivity contribution in [1.82, 2.24) is 20.2 Å². The minimum Gasteiger partial charge on any atom is -0.338 e. The number of fused-ring (bicyclic) bond motifs is 5. The van der Waals surface area contributed by atoms with Gasteiger partial charge in [-0.15, -0.1) is 10.2 Å². The summed E-state index contributed by atoms with van der Waals surface area (Å²) in [4.78, 5) is 23.2. The number of amides is 1. The highest BCUT2D eigenvalue weighted by Gasteiger charge is 2.25. The molecule has 1 amide bonds. The summed E-state index contributed by atoms with van der Waals surface area (Å²) in [7, 11) is 0. The van der Waals surface area contributed by atoms with E-state index in [-0.39, 0.29) is 5.91 Å². The van der Waals surface area contributed by atoms with Crippen LogP contribution < -0.4 is 4.90 Å². The Morgan fingerprint density at radius 1 is 0.879 bits per heavy atom. The molecule has 0 unspecified atom stereocenters. The number of nitrogens with one attached hydrogen (secondary N) is 1. The molecule has 5 aromatic rings. The van der Waals surface area contributed by atoms with Crippen LogP contribution in [0.2, 0.25) is 0 Å². The second-order valence-electron chi connectivity index (χ2n) is 8.05. The lowest BCUT2D eigenvalue weighted by Crippen LogP contribution is -2.27. The van der Waals surface area contributed by atoms with Crippen molar-refractivity contribution in [2.75, 3.05) is 10.7 Å². The number of H-pyrrole nitrogens is 1. The summed E-state index contributed by atoms with van der Waals surface area (Å²) in [6, 6.07) is 24.4. The van der Waals surface area contributed by atoms with Crippen molar-refractivity contribution in [3.05, 3.63) is 83.9 Å². The van der Waals surface area contributed by atoms with Crippen molar-refractivity contribution in [2.24, 2.45) is 0 Å². The highest BCUT2D eigenvalue weighted by atomic mass is 32.2. The molecule has 0 saturated heterocycles. The fourth-order valence-corrected chi connectivity index (χ4v) is 5.17. The lowest BCUT2D eigenvalue weighted by atomic mass is 10.0. The van der Waals surface area contributed by atoms with Crippen molar-refractivity contribution in [3.8, 4) is 0 Å². The Morgan fingerprint density at radius 2 is 1.55 bits per heavy atom. The summed E-state index contributed by atoms with van der Waals surface area (Å²) in [6.45, 7) is 0. The van der Waals surface area contributed by atoms with Crippen LogP contribution in [0.25, 0.3) is 22.1 Å². The molecule has 1 N–H and O–H groups in total. The van der Waals surface area contributed by atoms with Gasteiger partial charge in [0, 0.05) is 23.1 Å². The lowest BCUT2D eigenvalue weighted by molar-refractivity contribution is -0.117. The highest BCUT2D eigenvalue weighted by Crippen LogP contribution is 2.36. The molecule has 3 aromatic carbocycles. The van der Waals surface area contributed by atoms with Gasteiger partial charge in [0.25, 0.3) is 0 Å². The van der Waals surface area contributed by atoms with E-state index in [0.29, 0.717) is 17.3 Å². The minimum absolute atomic E-state index is 0.0731. The van der Waals surface area contributed by atoms with Crippen molar-refractivity contribution in [1.29, 1.82) is 0 Å². The number of thioether (sulfide) groups is 1. The number of aromatic amines is 1. The Bertz CT molecular complexity index is 1450. The molecule has 2 aromatic heterocycles. The predicted molar refractivity (Wildman–Crippen MR) is 132 cm³/mol. The second-order valence-corrected chi connectivity index (χ2v) is 9.11. The number of nitrogens with zero attached hydrogens (tertiary/aromatic N) is 4. The van der Waals surface area contributed by atoms with Gasteiger partial charge in [0.05, 0.1) is 11.4 Å². The summed E-state index contributed by atoms with van der Waals surface area (Å²) < 4.78 is 0. The zero-order valence-electron chi connectivity index (χ0n) is 17.9. The SMILES string of the molecule is O=C(CCSc1nnc2c(n1)[nH]c1ccccc12)N1c2ccccc2CCc2ccccc21. The van der Waals surface area contributed by atoms with E-state index in [4.69, 9.17) is 0 Å². The van der Waals surface area contributed by atoms with Crippen LogP contribution >= 0.6 is 11.8 Å². The highest BCUT2D eigenvalue weighted by molar-refractivity contribution is 7.99. The number of hydrogen-bond donors (Lipinski definition) is 1. The van der Waals surface area contributed by atoms with Gasteiger partial charge in [0.15, 0.2) is 5.65 Å². The molecule has 3 heterocycles. The molecule has 0 saturated carbocycles. The van der Waals surface area contributed by atoms with E-state index in [9.17, 15) is 4.79 Å². The van der Waals surface area contributed by atoms with E-state index < -0.39 is 0 Å². The zero-order valence-corrected chi connectivity index (χ0v) is 18.7. The third kappa shape index (κ3) is 3.64. The van der Waals surface area contributed by atoms with Gasteiger partial charge in [-0.2, -0.15) is 0 Å². The molecule has 1 aliphatic heterocycles. The van der Waals surface area contributed by atoms with Crippen LogP contribution in [0.4, 0.5) is 11.4 Å². The number of aromatic nitrogens is 4. The third-order valence-electron chi connectivity index (χ3n) is 6.03. The van der Waals surface area contributed by atoms with Crippen LogP contribution in [0.1, 0.15) is 17.5 Å². The van der Waals surface area contributed by atoms with Gasteiger partial charge in [-0.05, 0) is 42.2 Å². The Morgan fingerprint density at radius 3 is 2.30 bits per heavy atom. The van der Waals surface area contributed by atoms with Crippen LogP contribution in [0.5, 0.6) is 0 Å². The number of anilines is 2. The van der Waals surface area contributed by atoms with Gasteiger partial charge in [-0.3, -0.25) is 9.69 Å². The maximum Gasteiger partial charge on any atom is 0.232 e. The molecule has 6 nitrogen and oxygen atoms in total. The molecule has 0 aliphatic carbocycles. The minimum atomic E-state index is 0.0731. The van der Waals surface area contributed by atoms with E-state index in [1.54, 1.807) is 0 Å². The molecule has 0 bridgehead atoms. The molecule has 0 spiro atoms. The normalized spacial score (nSPS) is 13.0. The topological polar surface area (TPSA) is 74.8 Å². The van der Waals surface area contributed by atoms with Crippen molar-refractivity contribution >= 4 is 51.1 Å². The number of benzene rings is 3. The van der Waals surface area contributed by atoms with Gasteiger partial charge in [-0.1, -0.05) is 66.4 Å². The monoisotopic (exact) mass is 451 g/mol. The molecule has 1 aliphatic rings. The number of carbonyl (C=O) groups excluding carboxylic acids is 1. The molecule has 0 fully saturated rings. The first-order chi connectivity index (χ1) is 16.3. The summed E-state index contributed by atoms with van der Waals surface area (Å²) >= 11 is 1.45. The van der Waals surface area contributed by atoms with E-state index in [0.717, 1.165) is 46.3 Å². The number of para-hydroxylation sites is 3. The molecule has 162 valence electrons. The number of hydrogen-bond acceptors (Lipinski definition) is 5. The average molecular weight is 452 g/mol. The first-order valence-corrected chi connectivity index (χ1v) is 12.0. The summed E-state index contributed by atoms with van der Waals surface area (Å²) in [6.07, 6.45) is 2.23. The Hall–Kier alpha value is -3.71. The predicted octanol–water partition coefficient (Wildman–Crippen LogP) is 5.45. The second kappa shape index (κ2) is 8.33. The third-order valence-corrected chi connectivity index (χ3v) is 6.87. The van der Waals surface area contributed by atoms with Gasteiger partial charge in [0.1, 0.15) is 5.52 Å². The van der Waals surface area contributed by atoms with E-state index >= 15 is 0 Å². The average Bonchev–Trinajstić information content (AvgIpc) is 3.13. The van der Waals surface area contributed by atoms with Crippen LogP contribution in [-0.4, -0.2) is 31.8 Å². The van der Waals surface area contributed by atoms with Gasteiger partial charge in [-0.25, -0.2) is 4.98 Å². The number of carbonyl (C=O) groups is 1. The van der Waals surface area contributed by atoms with Crippen LogP contribution in [0, 0.1) is 0 Å². The van der Waals surface area contributed by atoms with E-state index in [2.05, 4.69) is 32.3 Å². The summed E-state index contributed by atoms with van der Waals surface area (Å²) in [5, 5.41) is 10.2. The fourth-order valence-electron chi connectivity index (χ4n) is 4.46. The maximum absolute atomic E-state index is 13.4. The largest absolute Gasteiger partial charge is 0.338 e. The lowest BCUT2D eigenvalue weighted by Gasteiger charge is -2.25. The number of aryl methyl sites for hydroxylation is 2. The van der Waals surface area contributed by atoms with E-state index in [1.165, 1.54) is 22.9 Å². The summed E-state index contributed by atoms with van der Waals surface area (Å²) in [5.41, 5.74) is 6.84.